The molecular weight excluding hydrogens is 378 g/mol. The van der Waals surface area contributed by atoms with E-state index in [1.807, 2.05) is 6.07 Å². The van der Waals surface area contributed by atoms with Crippen LogP contribution >= 0.6 is 0 Å². The Morgan fingerprint density at radius 2 is 1.86 bits per heavy atom. The van der Waals surface area contributed by atoms with Crippen molar-refractivity contribution in [2.75, 3.05) is 13.1 Å². The minimum absolute atomic E-state index is 0.153. The Balaban J connectivity index is 1.48. The van der Waals surface area contributed by atoms with Crippen LogP contribution in [-0.4, -0.2) is 42.1 Å². The SMILES string of the molecule is NC(=O)C1(Cc2cc(C3CCCCC3)no2)CCN(S(=O)(=O)C2CCCC2)C1. The summed E-state index contributed by atoms with van der Waals surface area (Å²) in [6.45, 7) is 0.506. The van der Waals surface area contributed by atoms with Crippen LogP contribution in [-0.2, 0) is 21.2 Å². The Bertz CT molecular complexity index is 809. The van der Waals surface area contributed by atoms with Gasteiger partial charge in [-0.3, -0.25) is 4.79 Å². The van der Waals surface area contributed by atoms with E-state index in [0.717, 1.165) is 44.2 Å². The average Bonchev–Trinajstić information content (AvgIpc) is 3.44. The van der Waals surface area contributed by atoms with Crippen LogP contribution in [0, 0.1) is 5.41 Å². The van der Waals surface area contributed by atoms with Crippen molar-refractivity contribution in [2.45, 2.75) is 81.8 Å². The zero-order valence-corrected chi connectivity index (χ0v) is 17.3. The second-order valence-corrected chi connectivity index (χ2v) is 11.1. The Morgan fingerprint density at radius 3 is 2.54 bits per heavy atom. The van der Waals surface area contributed by atoms with Crippen molar-refractivity contribution in [3.05, 3.63) is 17.5 Å². The molecule has 156 valence electrons. The van der Waals surface area contributed by atoms with Crippen LogP contribution in [0.4, 0.5) is 0 Å². The molecule has 0 radical (unpaired) electrons. The molecule has 2 heterocycles. The molecule has 2 N–H and O–H groups in total. The highest BCUT2D eigenvalue weighted by Crippen LogP contribution is 2.39. The van der Waals surface area contributed by atoms with Gasteiger partial charge < -0.3 is 10.3 Å². The van der Waals surface area contributed by atoms with Gasteiger partial charge in [0, 0.05) is 31.5 Å². The van der Waals surface area contributed by atoms with Crippen LogP contribution < -0.4 is 5.73 Å². The molecule has 1 amide bonds. The van der Waals surface area contributed by atoms with E-state index in [4.69, 9.17) is 10.3 Å². The van der Waals surface area contributed by atoms with E-state index in [0.29, 0.717) is 31.1 Å². The fourth-order valence-electron chi connectivity index (χ4n) is 5.22. The van der Waals surface area contributed by atoms with Crippen molar-refractivity contribution in [3.8, 4) is 0 Å². The van der Waals surface area contributed by atoms with Gasteiger partial charge in [0.25, 0.3) is 0 Å². The van der Waals surface area contributed by atoms with Crippen LogP contribution in [0.25, 0.3) is 0 Å². The molecule has 1 aromatic heterocycles. The minimum atomic E-state index is -3.37. The molecule has 3 aliphatic rings. The molecule has 1 aliphatic heterocycles. The highest BCUT2D eigenvalue weighted by Gasteiger charge is 2.49. The van der Waals surface area contributed by atoms with Crippen LogP contribution in [0.5, 0.6) is 0 Å². The van der Waals surface area contributed by atoms with Gasteiger partial charge in [0.1, 0.15) is 5.76 Å². The number of nitrogens with zero attached hydrogens (tertiary/aromatic N) is 2. The summed E-state index contributed by atoms with van der Waals surface area (Å²) in [5.41, 5.74) is 5.82. The molecule has 0 bridgehead atoms. The van der Waals surface area contributed by atoms with E-state index >= 15 is 0 Å². The summed E-state index contributed by atoms with van der Waals surface area (Å²) in [5, 5.41) is 3.94. The summed E-state index contributed by atoms with van der Waals surface area (Å²) in [6, 6.07) is 1.95. The van der Waals surface area contributed by atoms with Crippen molar-refractivity contribution in [2.24, 2.45) is 11.1 Å². The summed E-state index contributed by atoms with van der Waals surface area (Å²) in [5.74, 6) is 0.616. The summed E-state index contributed by atoms with van der Waals surface area (Å²) >= 11 is 0. The molecule has 0 aromatic carbocycles. The van der Waals surface area contributed by atoms with Crippen LogP contribution in [0.2, 0.25) is 0 Å². The first-order valence-corrected chi connectivity index (χ1v) is 12.2. The Hall–Kier alpha value is -1.41. The monoisotopic (exact) mass is 409 g/mol. The van der Waals surface area contributed by atoms with Crippen molar-refractivity contribution < 1.29 is 17.7 Å². The number of hydrogen-bond donors (Lipinski definition) is 1. The van der Waals surface area contributed by atoms with Crippen LogP contribution in [0.15, 0.2) is 10.6 Å². The lowest BCUT2D eigenvalue weighted by molar-refractivity contribution is -0.127. The molecule has 1 aromatic rings. The lowest BCUT2D eigenvalue weighted by Gasteiger charge is -2.26. The third-order valence-electron chi connectivity index (χ3n) is 7.04. The average molecular weight is 410 g/mol. The quantitative estimate of drug-likeness (QED) is 0.777. The predicted octanol–water partition coefficient (Wildman–Crippen LogP) is 2.71. The summed E-state index contributed by atoms with van der Waals surface area (Å²) in [6.07, 6.45) is 10.1. The normalized spacial score (nSPS) is 28.1. The second kappa shape index (κ2) is 7.78. The number of hydrogen-bond acceptors (Lipinski definition) is 5. The Labute approximate surface area is 167 Å². The molecule has 8 heteroatoms. The molecule has 3 fully saturated rings. The van der Waals surface area contributed by atoms with Crippen molar-refractivity contribution in [3.63, 3.8) is 0 Å². The highest BCUT2D eigenvalue weighted by atomic mass is 32.2. The van der Waals surface area contributed by atoms with Crippen LogP contribution in [0.1, 0.15) is 81.6 Å². The molecule has 2 saturated carbocycles. The molecule has 28 heavy (non-hydrogen) atoms. The first-order chi connectivity index (χ1) is 13.4. The summed E-state index contributed by atoms with van der Waals surface area (Å²) in [4.78, 5) is 12.4. The van der Waals surface area contributed by atoms with Crippen molar-refractivity contribution >= 4 is 15.9 Å². The highest BCUT2D eigenvalue weighted by molar-refractivity contribution is 7.89. The van der Waals surface area contributed by atoms with Gasteiger partial charge in [0.2, 0.25) is 15.9 Å². The van der Waals surface area contributed by atoms with E-state index < -0.39 is 21.3 Å². The molecule has 0 spiro atoms. The maximum Gasteiger partial charge on any atom is 0.225 e. The second-order valence-electron chi connectivity index (χ2n) is 8.91. The van der Waals surface area contributed by atoms with Gasteiger partial charge >= 0.3 is 0 Å². The fourth-order valence-corrected chi connectivity index (χ4v) is 7.34. The van der Waals surface area contributed by atoms with Gasteiger partial charge in [-0.15, -0.1) is 0 Å². The molecule has 7 nitrogen and oxygen atoms in total. The first kappa shape index (κ1) is 19.9. The van der Waals surface area contributed by atoms with E-state index in [1.165, 1.54) is 23.6 Å². The first-order valence-electron chi connectivity index (χ1n) is 10.7. The van der Waals surface area contributed by atoms with Gasteiger partial charge in [-0.25, -0.2) is 12.7 Å². The van der Waals surface area contributed by atoms with Gasteiger partial charge in [-0.05, 0) is 32.1 Å². The topological polar surface area (TPSA) is 106 Å². The number of nitrogens with two attached hydrogens (primary N) is 1. The molecule has 1 unspecified atom stereocenters. The van der Waals surface area contributed by atoms with E-state index in [9.17, 15) is 13.2 Å². The maximum atomic E-state index is 12.9. The van der Waals surface area contributed by atoms with Gasteiger partial charge in [0.05, 0.1) is 16.4 Å². The molecule has 4 rings (SSSR count). The zero-order chi connectivity index (χ0) is 19.8. The molecule has 1 atom stereocenters. The number of aromatic nitrogens is 1. The van der Waals surface area contributed by atoms with Crippen LogP contribution in [0.3, 0.4) is 0 Å². The van der Waals surface area contributed by atoms with Crippen molar-refractivity contribution in [1.29, 1.82) is 0 Å². The van der Waals surface area contributed by atoms with E-state index in [-0.39, 0.29) is 11.8 Å². The van der Waals surface area contributed by atoms with E-state index in [1.54, 1.807) is 0 Å². The maximum absolute atomic E-state index is 12.9. The smallest absolute Gasteiger partial charge is 0.225 e. The van der Waals surface area contributed by atoms with Gasteiger partial charge in [0.15, 0.2) is 0 Å². The predicted molar refractivity (Wildman–Crippen MR) is 105 cm³/mol. The molecule has 1 saturated heterocycles. The fraction of sp³-hybridized carbons (Fsp3) is 0.800. The van der Waals surface area contributed by atoms with Crippen molar-refractivity contribution in [1.82, 2.24) is 9.46 Å². The number of amides is 1. The summed E-state index contributed by atoms with van der Waals surface area (Å²) < 4.78 is 32.9. The lowest BCUT2D eigenvalue weighted by atomic mass is 9.81. The number of primary amides is 1. The third-order valence-corrected chi connectivity index (χ3v) is 9.38. The standard InChI is InChI=1S/C20H31N3O4S/c21-19(24)20(10-11-23(14-20)28(25,26)17-8-4-5-9-17)13-16-12-18(22-27-16)15-6-2-1-3-7-15/h12,15,17H,1-11,13-14H2,(H2,21,24). The largest absolute Gasteiger partial charge is 0.369 e. The Kier molecular flexibility index (Phi) is 5.53. The zero-order valence-electron chi connectivity index (χ0n) is 16.4. The Morgan fingerprint density at radius 1 is 1.18 bits per heavy atom. The summed E-state index contributed by atoms with van der Waals surface area (Å²) in [7, 11) is -3.37. The molecular formula is C20H31N3O4S. The third kappa shape index (κ3) is 3.73. The molecule has 2 aliphatic carbocycles. The minimum Gasteiger partial charge on any atom is -0.369 e. The van der Waals surface area contributed by atoms with E-state index in [2.05, 4.69) is 5.16 Å². The number of carbonyl (C=O) groups excluding carboxylic acids is 1. The number of sulfonamides is 1. The van der Waals surface area contributed by atoms with Gasteiger partial charge in [-0.1, -0.05) is 37.3 Å². The number of rotatable bonds is 6. The van der Waals surface area contributed by atoms with Gasteiger partial charge in [-0.2, -0.15) is 0 Å². The number of carbonyl (C=O) groups is 1. The lowest BCUT2D eigenvalue weighted by Crippen LogP contribution is -2.44.